The van der Waals surface area contributed by atoms with Crippen molar-refractivity contribution < 1.29 is 8.94 Å². The van der Waals surface area contributed by atoms with E-state index in [1.807, 2.05) is 50.2 Å². The minimum absolute atomic E-state index is 0.438. The average Bonchev–Trinajstić information content (AvgIpc) is 3.29. The van der Waals surface area contributed by atoms with E-state index in [4.69, 9.17) is 8.94 Å². The Labute approximate surface area is 155 Å². The Bertz CT molecular complexity index is 1040. The molecule has 4 aromatic rings. The van der Waals surface area contributed by atoms with Crippen LogP contribution in [0.15, 0.2) is 51.5 Å². The first-order valence-corrected chi connectivity index (χ1v) is 8.58. The van der Waals surface area contributed by atoms with Crippen molar-refractivity contribution in [2.45, 2.75) is 20.3 Å². The van der Waals surface area contributed by atoms with E-state index < -0.39 is 0 Å². The van der Waals surface area contributed by atoms with Crippen molar-refractivity contribution in [1.82, 2.24) is 25.3 Å². The van der Waals surface area contributed by atoms with E-state index in [0.717, 1.165) is 22.6 Å². The van der Waals surface area contributed by atoms with Crippen molar-refractivity contribution in [3.8, 4) is 22.6 Å². The van der Waals surface area contributed by atoms with Crippen molar-refractivity contribution in [2.75, 3.05) is 11.9 Å². The van der Waals surface area contributed by atoms with Crippen LogP contribution in [0.1, 0.15) is 17.4 Å². The quantitative estimate of drug-likeness (QED) is 0.556. The van der Waals surface area contributed by atoms with Gasteiger partial charge in [0.25, 0.3) is 0 Å². The van der Waals surface area contributed by atoms with E-state index in [0.29, 0.717) is 36.3 Å². The van der Waals surface area contributed by atoms with E-state index >= 15 is 0 Å². The summed E-state index contributed by atoms with van der Waals surface area (Å²) in [7, 11) is 0. The Kier molecular flexibility index (Phi) is 4.61. The number of hydrogen-bond donors (Lipinski definition) is 1. The highest BCUT2D eigenvalue weighted by molar-refractivity contribution is 5.61. The van der Waals surface area contributed by atoms with Gasteiger partial charge in [0.15, 0.2) is 0 Å². The van der Waals surface area contributed by atoms with Crippen LogP contribution in [-0.2, 0) is 6.42 Å². The van der Waals surface area contributed by atoms with Crippen molar-refractivity contribution in [1.29, 1.82) is 0 Å². The third-order valence-corrected chi connectivity index (χ3v) is 4.00. The molecule has 0 aliphatic heterocycles. The van der Waals surface area contributed by atoms with Gasteiger partial charge < -0.3 is 14.3 Å². The van der Waals surface area contributed by atoms with E-state index in [-0.39, 0.29) is 0 Å². The molecule has 8 heteroatoms. The third-order valence-electron chi connectivity index (χ3n) is 4.00. The minimum Gasteiger partial charge on any atom is -0.466 e. The lowest BCUT2D eigenvalue weighted by molar-refractivity contribution is 0.381. The van der Waals surface area contributed by atoms with Gasteiger partial charge in [-0.25, -0.2) is 4.98 Å². The first-order valence-electron chi connectivity index (χ1n) is 8.58. The fraction of sp³-hybridized carbons (Fsp3) is 0.211. The molecular formula is C19H18N6O2. The van der Waals surface area contributed by atoms with Crippen LogP contribution in [0.2, 0.25) is 0 Å². The molecule has 0 radical (unpaired) electrons. The molecule has 3 heterocycles. The van der Waals surface area contributed by atoms with Crippen LogP contribution in [0, 0.1) is 13.8 Å². The Morgan fingerprint density at radius 1 is 1.07 bits per heavy atom. The molecule has 4 rings (SSSR count). The summed E-state index contributed by atoms with van der Waals surface area (Å²) in [6, 6.07) is 11.6. The van der Waals surface area contributed by atoms with Gasteiger partial charge in [0, 0.05) is 24.1 Å². The summed E-state index contributed by atoms with van der Waals surface area (Å²) in [6.45, 7) is 4.35. The molecule has 0 saturated carbocycles. The standard InChI is InChI=1S/C19H18N6O2/c1-12-10-15(13(2)26-12)16-11-21-24-19(22-16)20-9-8-17-23-18(25-27-17)14-6-4-3-5-7-14/h3-7,10-11H,8-9H2,1-2H3,(H,20,22,24). The molecule has 3 aromatic heterocycles. The molecule has 0 bridgehead atoms. The van der Waals surface area contributed by atoms with Crippen LogP contribution in [0.4, 0.5) is 5.95 Å². The summed E-state index contributed by atoms with van der Waals surface area (Å²) in [4.78, 5) is 8.89. The molecule has 1 aromatic carbocycles. The fourth-order valence-corrected chi connectivity index (χ4v) is 2.74. The zero-order valence-electron chi connectivity index (χ0n) is 15.0. The molecule has 0 spiro atoms. The summed E-state index contributed by atoms with van der Waals surface area (Å²) >= 11 is 0. The van der Waals surface area contributed by atoms with Crippen molar-refractivity contribution in [2.24, 2.45) is 0 Å². The van der Waals surface area contributed by atoms with E-state index in [2.05, 4.69) is 30.6 Å². The first-order chi connectivity index (χ1) is 13.2. The summed E-state index contributed by atoms with van der Waals surface area (Å²) in [5.41, 5.74) is 2.55. The predicted molar refractivity (Wildman–Crippen MR) is 98.9 cm³/mol. The zero-order chi connectivity index (χ0) is 18.6. The molecule has 27 heavy (non-hydrogen) atoms. The molecule has 0 saturated heterocycles. The van der Waals surface area contributed by atoms with Crippen molar-refractivity contribution >= 4 is 5.95 Å². The lowest BCUT2D eigenvalue weighted by Gasteiger charge is -2.03. The highest BCUT2D eigenvalue weighted by Crippen LogP contribution is 2.24. The Morgan fingerprint density at radius 3 is 2.70 bits per heavy atom. The maximum absolute atomic E-state index is 5.55. The van der Waals surface area contributed by atoms with Crippen LogP contribution in [-0.4, -0.2) is 31.9 Å². The monoisotopic (exact) mass is 362 g/mol. The highest BCUT2D eigenvalue weighted by Gasteiger charge is 2.11. The molecule has 0 aliphatic carbocycles. The SMILES string of the molecule is Cc1cc(-c2cnnc(NCCc3nc(-c4ccccc4)no3)n2)c(C)o1. The van der Waals surface area contributed by atoms with Gasteiger partial charge in [-0.2, -0.15) is 10.1 Å². The maximum Gasteiger partial charge on any atom is 0.243 e. The number of aryl methyl sites for hydroxylation is 2. The Morgan fingerprint density at radius 2 is 1.93 bits per heavy atom. The second-order valence-corrected chi connectivity index (χ2v) is 6.05. The number of furan rings is 1. The minimum atomic E-state index is 0.438. The molecule has 0 atom stereocenters. The normalized spacial score (nSPS) is 10.9. The number of anilines is 1. The molecule has 136 valence electrons. The average molecular weight is 362 g/mol. The zero-order valence-corrected chi connectivity index (χ0v) is 15.0. The van der Waals surface area contributed by atoms with Crippen LogP contribution in [0.25, 0.3) is 22.6 Å². The van der Waals surface area contributed by atoms with Crippen molar-refractivity contribution in [3.05, 3.63) is 60.0 Å². The number of aromatic nitrogens is 5. The Hall–Kier alpha value is -3.55. The van der Waals surface area contributed by atoms with Gasteiger partial charge in [-0.05, 0) is 19.9 Å². The van der Waals surface area contributed by atoms with Gasteiger partial charge >= 0.3 is 0 Å². The van der Waals surface area contributed by atoms with Crippen LogP contribution in [0.5, 0.6) is 0 Å². The van der Waals surface area contributed by atoms with Gasteiger partial charge in [0.1, 0.15) is 11.5 Å². The van der Waals surface area contributed by atoms with Gasteiger partial charge in [-0.15, -0.1) is 5.10 Å². The molecule has 0 amide bonds. The van der Waals surface area contributed by atoms with Gasteiger partial charge in [-0.1, -0.05) is 35.5 Å². The molecule has 8 nitrogen and oxygen atoms in total. The largest absolute Gasteiger partial charge is 0.466 e. The maximum atomic E-state index is 5.55. The van der Waals surface area contributed by atoms with Crippen LogP contribution < -0.4 is 5.32 Å². The van der Waals surface area contributed by atoms with E-state index in [1.165, 1.54) is 0 Å². The molecular weight excluding hydrogens is 344 g/mol. The molecule has 0 unspecified atom stereocenters. The predicted octanol–water partition coefficient (Wildman–Crippen LogP) is 3.45. The summed E-state index contributed by atoms with van der Waals surface area (Å²) < 4.78 is 10.8. The summed E-state index contributed by atoms with van der Waals surface area (Å²) in [6.07, 6.45) is 2.17. The number of rotatable bonds is 6. The van der Waals surface area contributed by atoms with Gasteiger partial charge in [-0.3, -0.25) is 0 Å². The smallest absolute Gasteiger partial charge is 0.243 e. The number of nitrogens with zero attached hydrogens (tertiary/aromatic N) is 5. The van der Waals surface area contributed by atoms with E-state index in [1.54, 1.807) is 6.20 Å². The molecule has 1 N–H and O–H groups in total. The second kappa shape index (κ2) is 7.36. The lowest BCUT2D eigenvalue weighted by atomic mass is 10.2. The third kappa shape index (κ3) is 3.84. The lowest BCUT2D eigenvalue weighted by Crippen LogP contribution is -2.09. The van der Waals surface area contributed by atoms with Gasteiger partial charge in [0.05, 0.1) is 11.9 Å². The first kappa shape index (κ1) is 16.9. The van der Waals surface area contributed by atoms with Crippen LogP contribution in [0.3, 0.4) is 0 Å². The van der Waals surface area contributed by atoms with Gasteiger partial charge in [0.2, 0.25) is 17.7 Å². The fourth-order valence-electron chi connectivity index (χ4n) is 2.74. The number of hydrogen-bond acceptors (Lipinski definition) is 8. The molecule has 0 fully saturated rings. The second-order valence-electron chi connectivity index (χ2n) is 6.05. The summed E-state index contributed by atoms with van der Waals surface area (Å²) in [5, 5.41) is 15.2. The number of nitrogens with one attached hydrogen (secondary N) is 1. The molecule has 0 aliphatic rings. The van der Waals surface area contributed by atoms with Crippen molar-refractivity contribution in [3.63, 3.8) is 0 Å². The Balaban J connectivity index is 1.39. The van der Waals surface area contributed by atoms with E-state index in [9.17, 15) is 0 Å². The van der Waals surface area contributed by atoms with Crippen LogP contribution >= 0.6 is 0 Å². The topological polar surface area (TPSA) is 103 Å². The summed E-state index contributed by atoms with van der Waals surface area (Å²) in [5.74, 6) is 3.20. The highest BCUT2D eigenvalue weighted by atomic mass is 16.5. The number of benzene rings is 1.